The van der Waals surface area contributed by atoms with E-state index in [1.807, 2.05) is 44.2 Å². The molecule has 0 amide bonds. The molecule has 1 unspecified atom stereocenters. The average molecular weight is 309 g/mol. The molecular formula is C17H24FNO3. The van der Waals surface area contributed by atoms with Gasteiger partial charge in [0.2, 0.25) is 0 Å². The summed E-state index contributed by atoms with van der Waals surface area (Å²) in [5.41, 5.74) is 0.977. The minimum atomic E-state index is -1.01. The number of ether oxygens (including phenoxy) is 2. The second-order valence-corrected chi connectivity index (χ2v) is 6.98. The molecule has 0 bridgehead atoms. The predicted molar refractivity (Wildman–Crippen MR) is 81.4 cm³/mol. The molecule has 5 atom stereocenters. The van der Waals surface area contributed by atoms with Crippen LogP contribution in [0.5, 0.6) is 0 Å². The SMILES string of the molecule is C[C@@H](F)[C@@H]1C[N+]([O-])(Cc2ccccc2)[C@@H]1[C@H]1COC(C)(C)O1. The molecule has 0 N–H and O–H groups in total. The first-order chi connectivity index (χ1) is 10.3. The first-order valence-electron chi connectivity index (χ1n) is 7.88. The molecule has 0 aliphatic carbocycles. The van der Waals surface area contributed by atoms with Gasteiger partial charge in [-0.3, -0.25) is 0 Å². The molecule has 2 aliphatic rings. The highest BCUT2D eigenvalue weighted by atomic mass is 19.1. The maximum Gasteiger partial charge on any atom is 0.163 e. The van der Waals surface area contributed by atoms with Crippen molar-refractivity contribution >= 4 is 0 Å². The van der Waals surface area contributed by atoms with Crippen LogP contribution < -0.4 is 0 Å². The maximum atomic E-state index is 13.9. The fourth-order valence-electron chi connectivity index (χ4n) is 3.74. The Labute approximate surface area is 131 Å². The zero-order valence-electron chi connectivity index (χ0n) is 13.4. The van der Waals surface area contributed by atoms with Gasteiger partial charge in [0.25, 0.3) is 0 Å². The normalized spacial score (nSPS) is 38.5. The molecule has 5 heteroatoms. The van der Waals surface area contributed by atoms with Gasteiger partial charge in [-0.1, -0.05) is 30.3 Å². The van der Waals surface area contributed by atoms with Gasteiger partial charge in [-0.2, -0.15) is 0 Å². The number of rotatable bonds is 4. The van der Waals surface area contributed by atoms with Crippen LogP contribution in [0.4, 0.5) is 4.39 Å². The summed E-state index contributed by atoms with van der Waals surface area (Å²) in [7, 11) is 0. The van der Waals surface area contributed by atoms with Crippen molar-refractivity contribution in [2.45, 2.75) is 51.4 Å². The summed E-state index contributed by atoms with van der Waals surface area (Å²) in [5.74, 6) is -0.953. The van der Waals surface area contributed by atoms with Crippen molar-refractivity contribution in [3.05, 3.63) is 41.1 Å². The van der Waals surface area contributed by atoms with Gasteiger partial charge in [0.1, 0.15) is 24.9 Å². The first-order valence-corrected chi connectivity index (χ1v) is 7.88. The summed E-state index contributed by atoms with van der Waals surface area (Å²) in [6, 6.07) is 9.25. The summed E-state index contributed by atoms with van der Waals surface area (Å²) >= 11 is 0. The van der Waals surface area contributed by atoms with Crippen LogP contribution in [0, 0.1) is 11.1 Å². The Morgan fingerprint density at radius 2 is 2.05 bits per heavy atom. The maximum absolute atomic E-state index is 13.9. The molecule has 2 saturated heterocycles. The van der Waals surface area contributed by atoms with E-state index in [2.05, 4.69) is 0 Å². The molecule has 0 saturated carbocycles. The third-order valence-electron chi connectivity index (χ3n) is 4.80. The smallest absolute Gasteiger partial charge is 0.163 e. The van der Waals surface area contributed by atoms with E-state index in [9.17, 15) is 9.60 Å². The van der Waals surface area contributed by atoms with E-state index in [0.717, 1.165) is 5.56 Å². The topological polar surface area (TPSA) is 41.5 Å². The number of benzene rings is 1. The molecule has 4 nitrogen and oxygen atoms in total. The Morgan fingerprint density at radius 3 is 2.59 bits per heavy atom. The second-order valence-electron chi connectivity index (χ2n) is 6.98. The summed E-state index contributed by atoms with van der Waals surface area (Å²) in [6.45, 7) is 6.21. The highest BCUT2D eigenvalue weighted by Gasteiger charge is 2.58. The van der Waals surface area contributed by atoms with Gasteiger partial charge in [0, 0.05) is 5.56 Å². The molecule has 3 rings (SSSR count). The van der Waals surface area contributed by atoms with Gasteiger partial charge in [0.05, 0.1) is 19.1 Å². The summed E-state index contributed by atoms with van der Waals surface area (Å²) in [5, 5.41) is 13.2. The number of hydroxylamine groups is 3. The Bertz CT molecular complexity index is 522. The zero-order chi connectivity index (χ0) is 16.0. The third-order valence-corrected chi connectivity index (χ3v) is 4.80. The highest BCUT2D eigenvalue weighted by Crippen LogP contribution is 2.43. The van der Waals surface area contributed by atoms with E-state index in [0.29, 0.717) is 19.7 Å². The lowest BCUT2D eigenvalue weighted by molar-refractivity contribution is -0.974. The van der Waals surface area contributed by atoms with Gasteiger partial charge in [-0.25, -0.2) is 4.39 Å². The van der Waals surface area contributed by atoms with Crippen molar-refractivity contribution in [2.24, 2.45) is 5.92 Å². The Morgan fingerprint density at radius 1 is 1.36 bits per heavy atom. The number of hydrogen-bond donors (Lipinski definition) is 0. The minimum Gasteiger partial charge on any atom is -0.632 e. The second kappa shape index (κ2) is 5.57. The van der Waals surface area contributed by atoms with Crippen molar-refractivity contribution in [3.63, 3.8) is 0 Å². The molecular weight excluding hydrogens is 285 g/mol. The van der Waals surface area contributed by atoms with Crippen LogP contribution in [0.2, 0.25) is 0 Å². The molecule has 2 aliphatic heterocycles. The average Bonchev–Trinajstić information content (AvgIpc) is 2.77. The number of nitrogens with zero attached hydrogens (tertiary/aromatic N) is 1. The molecule has 2 fully saturated rings. The standard InChI is InChI=1S/C17H24FNO3/c1-12(18)14-10-19(20,9-13-7-5-4-6-8-13)16(14)15-11-21-17(2,3)22-15/h4-8,12,14-16H,9-11H2,1-3H3/t12-,14+,15-,16+,19?/m1/s1. The molecule has 0 spiro atoms. The van der Waals surface area contributed by atoms with Crippen molar-refractivity contribution in [2.75, 3.05) is 13.2 Å². The fourth-order valence-corrected chi connectivity index (χ4v) is 3.74. The van der Waals surface area contributed by atoms with E-state index in [1.165, 1.54) is 6.92 Å². The first kappa shape index (κ1) is 15.9. The van der Waals surface area contributed by atoms with Gasteiger partial charge in [-0.15, -0.1) is 0 Å². The lowest BCUT2D eigenvalue weighted by Crippen LogP contribution is -2.73. The van der Waals surface area contributed by atoms with Crippen molar-refractivity contribution in [3.8, 4) is 0 Å². The third kappa shape index (κ3) is 2.91. The Balaban J connectivity index is 1.79. The number of alkyl halides is 1. The highest BCUT2D eigenvalue weighted by molar-refractivity contribution is 5.14. The van der Waals surface area contributed by atoms with Gasteiger partial charge in [-0.05, 0) is 20.8 Å². The van der Waals surface area contributed by atoms with E-state index in [-0.39, 0.29) is 12.0 Å². The van der Waals surface area contributed by atoms with E-state index < -0.39 is 22.6 Å². The van der Waals surface area contributed by atoms with E-state index >= 15 is 0 Å². The lowest BCUT2D eigenvalue weighted by atomic mass is 9.80. The van der Waals surface area contributed by atoms with Gasteiger partial charge < -0.3 is 19.3 Å². The lowest BCUT2D eigenvalue weighted by Gasteiger charge is -2.62. The van der Waals surface area contributed by atoms with Crippen molar-refractivity contribution < 1.29 is 18.5 Å². The monoisotopic (exact) mass is 309 g/mol. The van der Waals surface area contributed by atoms with Crippen LogP contribution in [-0.4, -0.2) is 41.9 Å². The summed E-state index contributed by atoms with van der Waals surface area (Å²) in [4.78, 5) is 0. The van der Waals surface area contributed by atoms with E-state index in [1.54, 1.807) is 0 Å². The molecule has 0 radical (unpaired) electrons. The Hall–Kier alpha value is -1.01. The van der Waals surface area contributed by atoms with Gasteiger partial charge in [0.15, 0.2) is 5.79 Å². The number of likely N-dealkylation sites (tertiary alicyclic amines) is 1. The molecule has 0 aromatic heterocycles. The van der Waals surface area contributed by atoms with Gasteiger partial charge >= 0.3 is 0 Å². The van der Waals surface area contributed by atoms with Crippen LogP contribution in [0.1, 0.15) is 26.3 Å². The molecule has 122 valence electrons. The number of hydrogen-bond acceptors (Lipinski definition) is 3. The fraction of sp³-hybridized carbons (Fsp3) is 0.647. The predicted octanol–water partition coefficient (Wildman–Crippen LogP) is 3.01. The minimum absolute atomic E-state index is 0.260. The number of quaternary nitrogens is 1. The molecule has 22 heavy (non-hydrogen) atoms. The Kier molecular flexibility index (Phi) is 4.01. The van der Waals surface area contributed by atoms with Crippen LogP contribution >= 0.6 is 0 Å². The van der Waals surface area contributed by atoms with Crippen LogP contribution in [0.25, 0.3) is 0 Å². The molecule has 1 aromatic rings. The van der Waals surface area contributed by atoms with Crippen LogP contribution in [-0.2, 0) is 16.0 Å². The largest absolute Gasteiger partial charge is 0.632 e. The van der Waals surface area contributed by atoms with Crippen molar-refractivity contribution in [1.82, 2.24) is 0 Å². The number of halogens is 1. The quantitative estimate of drug-likeness (QED) is 0.634. The molecule has 1 aromatic carbocycles. The van der Waals surface area contributed by atoms with Crippen molar-refractivity contribution in [1.29, 1.82) is 0 Å². The van der Waals surface area contributed by atoms with Crippen LogP contribution in [0.3, 0.4) is 0 Å². The molecule has 2 heterocycles. The summed E-state index contributed by atoms with van der Waals surface area (Å²) in [6.07, 6.45) is -1.35. The summed E-state index contributed by atoms with van der Waals surface area (Å²) < 4.78 is 24.9. The zero-order valence-corrected chi connectivity index (χ0v) is 13.4. The van der Waals surface area contributed by atoms with Crippen LogP contribution in [0.15, 0.2) is 30.3 Å². The van der Waals surface area contributed by atoms with E-state index in [4.69, 9.17) is 9.47 Å².